The lowest BCUT2D eigenvalue weighted by molar-refractivity contribution is -0.137. The number of amides is 2. The molecular formula is C20H16F3N3O3. The quantitative estimate of drug-likeness (QED) is 0.586. The minimum atomic E-state index is -4.56. The average Bonchev–Trinajstić information content (AvgIpc) is 2.69. The van der Waals surface area contributed by atoms with E-state index in [1.165, 1.54) is 13.2 Å². The molecule has 0 aliphatic carbocycles. The fourth-order valence-electron chi connectivity index (χ4n) is 2.39. The number of benzene rings is 2. The molecule has 6 nitrogen and oxygen atoms in total. The minimum absolute atomic E-state index is 0.0206. The summed E-state index contributed by atoms with van der Waals surface area (Å²) in [5.41, 5.74) is -0.542. The number of nitrogens with zero attached hydrogens (tertiary/aromatic N) is 1. The fraction of sp³-hybridized carbons (Fsp3) is 0.100. The van der Waals surface area contributed by atoms with E-state index in [0.29, 0.717) is 17.2 Å². The monoisotopic (exact) mass is 403 g/mol. The van der Waals surface area contributed by atoms with Gasteiger partial charge in [0.25, 0.3) is 0 Å². The van der Waals surface area contributed by atoms with Crippen LogP contribution in [0.15, 0.2) is 67.0 Å². The molecule has 0 spiro atoms. The van der Waals surface area contributed by atoms with Gasteiger partial charge in [-0.15, -0.1) is 0 Å². The number of carbonyl (C=O) groups is 1. The van der Waals surface area contributed by atoms with Crippen LogP contribution in [0.25, 0.3) is 0 Å². The first-order valence-corrected chi connectivity index (χ1v) is 8.36. The predicted octanol–water partition coefficient (Wildman–Crippen LogP) is 5.55. The number of methoxy groups -OCH3 is 1. The molecule has 0 bridgehead atoms. The van der Waals surface area contributed by atoms with Crippen LogP contribution in [0.5, 0.6) is 17.2 Å². The van der Waals surface area contributed by atoms with Crippen molar-refractivity contribution in [3.05, 3.63) is 72.6 Å². The van der Waals surface area contributed by atoms with E-state index in [9.17, 15) is 18.0 Å². The maximum atomic E-state index is 13.0. The van der Waals surface area contributed by atoms with Gasteiger partial charge in [-0.1, -0.05) is 0 Å². The number of rotatable bonds is 5. The van der Waals surface area contributed by atoms with Gasteiger partial charge in [-0.05, 0) is 48.5 Å². The maximum Gasteiger partial charge on any atom is 0.416 e. The molecule has 0 fully saturated rings. The van der Waals surface area contributed by atoms with Gasteiger partial charge < -0.3 is 20.1 Å². The largest absolute Gasteiger partial charge is 0.497 e. The number of aromatic nitrogens is 1. The fourth-order valence-corrected chi connectivity index (χ4v) is 2.39. The smallest absolute Gasteiger partial charge is 0.416 e. The highest BCUT2D eigenvalue weighted by Crippen LogP contribution is 2.34. The summed E-state index contributed by atoms with van der Waals surface area (Å²) in [5.74, 6) is 1.13. The number of halogens is 3. The van der Waals surface area contributed by atoms with Crippen molar-refractivity contribution in [1.29, 1.82) is 0 Å². The van der Waals surface area contributed by atoms with E-state index in [-0.39, 0.29) is 11.4 Å². The van der Waals surface area contributed by atoms with Crippen LogP contribution in [0.4, 0.5) is 29.3 Å². The third kappa shape index (κ3) is 5.61. The van der Waals surface area contributed by atoms with E-state index in [0.717, 1.165) is 12.1 Å². The van der Waals surface area contributed by atoms with Crippen molar-refractivity contribution >= 4 is 17.4 Å². The van der Waals surface area contributed by atoms with E-state index in [1.54, 1.807) is 48.8 Å². The molecule has 0 unspecified atom stereocenters. The van der Waals surface area contributed by atoms with Crippen molar-refractivity contribution in [2.24, 2.45) is 0 Å². The molecule has 0 radical (unpaired) electrons. The van der Waals surface area contributed by atoms with Gasteiger partial charge in [0.05, 0.1) is 12.7 Å². The van der Waals surface area contributed by atoms with Crippen molar-refractivity contribution in [3.63, 3.8) is 0 Å². The summed E-state index contributed by atoms with van der Waals surface area (Å²) >= 11 is 0. The molecule has 0 saturated carbocycles. The Labute approximate surface area is 164 Å². The van der Waals surface area contributed by atoms with Crippen LogP contribution in [-0.2, 0) is 6.18 Å². The van der Waals surface area contributed by atoms with Crippen LogP contribution < -0.4 is 20.1 Å². The molecule has 2 N–H and O–H groups in total. The van der Waals surface area contributed by atoms with Crippen LogP contribution in [0.3, 0.4) is 0 Å². The Hall–Kier alpha value is -3.75. The summed E-state index contributed by atoms with van der Waals surface area (Å²) < 4.78 is 49.4. The normalized spacial score (nSPS) is 10.9. The van der Waals surface area contributed by atoms with Crippen molar-refractivity contribution in [3.8, 4) is 17.2 Å². The summed E-state index contributed by atoms with van der Waals surface area (Å²) in [4.78, 5) is 16.0. The van der Waals surface area contributed by atoms with Gasteiger partial charge in [-0.2, -0.15) is 13.2 Å². The molecule has 0 saturated heterocycles. The van der Waals surface area contributed by atoms with Crippen LogP contribution in [-0.4, -0.2) is 18.1 Å². The van der Waals surface area contributed by atoms with Gasteiger partial charge in [0.15, 0.2) is 0 Å². The van der Waals surface area contributed by atoms with Crippen molar-refractivity contribution in [2.45, 2.75) is 6.18 Å². The van der Waals surface area contributed by atoms with E-state index < -0.39 is 17.8 Å². The molecule has 2 amide bonds. The Kier molecular flexibility index (Phi) is 5.87. The first kappa shape index (κ1) is 20.0. The van der Waals surface area contributed by atoms with Crippen molar-refractivity contribution in [2.75, 3.05) is 17.7 Å². The van der Waals surface area contributed by atoms with E-state index in [4.69, 9.17) is 9.47 Å². The van der Waals surface area contributed by atoms with Gasteiger partial charge >= 0.3 is 12.2 Å². The number of anilines is 2. The molecule has 9 heteroatoms. The minimum Gasteiger partial charge on any atom is -0.497 e. The molecule has 150 valence electrons. The highest BCUT2D eigenvalue weighted by Gasteiger charge is 2.31. The standard InChI is InChI=1S/C20H16F3N3O3/c1-28-18-11-13(20(21,22)23)10-15(12-18)26-19(27)25-14-2-4-16(5-3-14)29-17-6-8-24-9-7-17/h2-12H,1H3,(H2,25,26,27). The molecule has 3 aromatic rings. The molecule has 0 aliphatic rings. The number of alkyl halides is 3. The van der Waals surface area contributed by atoms with Gasteiger partial charge in [0.2, 0.25) is 0 Å². The van der Waals surface area contributed by atoms with Gasteiger partial charge in [-0.25, -0.2) is 4.79 Å². The lowest BCUT2D eigenvalue weighted by atomic mass is 10.2. The van der Waals surface area contributed by atoms with Crippen LogP contribution in [0, 0.1) is 0 Å². The summed E-state index contributed by atoms with van der Waals surface area (Å²) in [6.07, 6.45) is -1.37. The van der Waals surface area contributed by atoms with Crippen LogP contribution >= 0.6 is 0 Å². The molecular weight excluding hydrogens is 387 g/mol. The first-order chi connectivity index (χ1) is 13.8. The van der Waals surface area contributed by atoms with Crippen LogP contribution in [0.2, 0.25) is 0 Å². The third-order valence-electron chi connectivity index (χ3n) is 3.73. The predicted molar refractivity (Wildman–Crippen MR) is 101 cm³/mol. The summed E-state index contributed by atoms with van der Waals surface area (Å²) in [5, 5.41) is 4.90. The lowest BCUT2D eigenvalue weighted by Crippen LogP contribution is -2.20. The Morgan fingerprint density at radius 2 is 1.48 bits per heavy atom. The number of hydrogen-bond donors (Lipinski definition) is 2. The third-order valence-corrected chi connectivity index (χ3v) is 3.73. The zero-order valence-electron chi connectivity index (χ0n) is 15.2. The number of hydrogen-bond acceptors (Lipinski definition) is 4. The highest BCUT2D eigenvalue weighted by molar-refractivity contribution is 5.99. The van der Waals surface area contributed by atoms with Crippen LogP contribution in [0.1, 0.15) is 5.56 Å². The maximum absolute atomic E-state index is 13.0. The number of ether oxygens (including phenoxy) is 2. The Morgan fingerprint density at radius 1 is 0.862 bits per heavy atom. The highest BCUT2D eigenvalue weighted by atomic mass is 19.4. The number of nitrogens with one attached hydrogen (secondary N) is 2. The Morgan fingerprint density at radius 3 is 2.10 bits per heavy atom. The molecule has 0 aliphatic heterocycles. The zero-order chi connectivity index (χ0) is 20.9. The van der Waals surface area contributed by atoms with E-state index >= 15 is 0 Å². The Balaban J connectivity index is 1.65. The summed E-state index contributed by atoms with van der Waals surface area (Å²) in [6.45, 7) is 0. The topological polar surface area (TPSA) is 72.5 Å². The second kappa shape index (κ2) is 8.51. The number of urea groups is 1. The molecule has 1 heterocycles. The first-order valence-electron chi connectivity index (χ1n) is 8.36. The average molecular weight is 403 g/mol. The van der Waals surface area contributed by atoms with E-state index in [1.807, 2.05) is 0 Å². The Bertz CT molecular complexity index is 978. The molecule has 3 rings (SSSR count). The van der Waals surface area contributed by atoms with Crippen molar-refractivity contribution in [1.82, 2.24) is 4.98 Å². The number of carbonyl (C=O) groups excluding carboxylic acids is 1. The summed E-state index contributed by atoms with van der Waals surface area (Å²) in [7, 11) is 1.24. The second-order valence-corrected chi connectivity index (χ2v) is 5.84. The van der Waals surface area contributed by atoms with Gasteiger partial charge in [0, 0.05) is 29.8 Å². The second-order valence-electron chi connectivity index (χ2n) is 5.84. The van der Waals surface area contributed by atoms with Gasteiger partial charge in [0.1, 0.15) is 17.2 Å². The molecule has 29 heavy (non-hydrogen) atoms. The number of pyridine rings is 1. The SMILES string of the molecule is COc1cc(NC(=O)Nc2ccc(Oc3ccncc3)cc2)cc(C(F)(F)F)c1. The zero-order valence-corrected chi connectivity index (χ0v) is 15.2. The van der Waals surface area contributed by atoms with E-state index in [2.05, 4.69) is 15.6 Å². The summed E-state index contributed by atoms with van der Waals surface area (Å²) in [6, 6.07) is 12.2. The van der Waals surface area contributed by atoms with Gasteiger partial charge in [-0.3, -0.25) is 4.98 Å². The molecule has 2 aromatic carbocycles. The van der Waals surface area contributed by atoms with Crippen molar-refractivity contribution < 1.29 is 27.4 Å². The lowest BCUT2D eigenvalue weighted by Gasteiger charge is -2.13. The molecule has 1 aromatic heterocycles. The molecule has 0 atom stereocenters.